The number of aliphatic hydroxyl groups excluding tert-OH is 1. The molecule has 0 aliphatic carbocycles. The van der Waals surface area contributed by atoms with Crippen molar-refractivity contribution < 1.29 is 24.5 Å². The van der Waals surface area contributed by atoms with Crippen molar-refractivity contribution in [1.82, 2.24) is 4.90 Å². The molecule has 1 amide bonds. The molecule has 0 aromatic carbocycles. The number of nitrogens with two attached hydrogens (primary N) is 1. The number of carboxylic acid groups (broad SMARTS) is 1. The monoisotopic (exact) mass is 298 g/mol. The zero-order valence-electron chi connectivity index (χ0n) is 12.5. The number of carboxylic acids is 1. The Morgan fingerprint density at radius 2 is 2.14 bits per heavy atom. The molecule has 21 heavy (non-hydrogen) atoms. The van der Waals surface area contributed by atoms with Crippen LogP contribution < -0.4 is 5.73 Å². The molecule has 0 radical (unpaired) electrons. The van der Waals surface area contributed by atoms with Crippen molar-refractivity contribution in [2.45, 2.75) is 45.9 Å². The highest BCUT2D eigenvalue weighted by molar-refractivity contribution is 5.98. The SMILES string of the molecule is CC(O)C1C(=O)N2C(C(=O)O)=C(C(C)(C)CCCN)O[C@H]12. The van der Waals surface area contributed by atoms with Crippen molar-refractivity contribution in [2.24, 2.45) is 17.1 Å². The number of fused-ring (bicyclic) bond motifs is 1. The first-order valence-electron chi connectivity index (χ1n) is 7.08. The minimum atomic E-state index is -1.19. The maximum atomic E-state index is 12.1. The molecule has 4 N–H and O–H groups in total. The molecular formula is C14H22N2O5. The number of allylic oxidation sites excluding steroid dienone is 1. The minimum absolute atomic E-state index is 0.107. The summed E-state index contributed by atoms with van der Waals surface area (Å²) in [4.78, 5) is 24.7. The molecule has 0 saturated carbocycles. The summed E-state index contributed by atoms with van der Waals surface area (Å²) in [7, 11) is 0. The van der Waals surface area contributed by atoms with Crippen LogP contribution in [-0.4, -0.2) is 45.9 Å². The summed E-state index contributed by atoms with van der Waals surface area (Å²) in [6.45, 7) is 5.74. The summed E-state index contributed by atoms with van der Waals surface area (Å²) in [6, 6.07) is 0. The van der Waals surface area contributed by atoms with Crippen LogP contribution in [0.4, 0.5) is 0 Å². The second-order valence-electron chi connectivity index (χ2n) is 6.24. The van der Waals surface area contributed by atoms with E-state index in [1.165, 1.54) is 6.92 Å². The number of hydrogen-bond donors (Lipinski definition) is 3. The lowest BCUT2D eigenvalue weighted by atomic mass is 9.84. The van der Waals surface area contributed by atoms with E-state index in [1.54, 1.807) is 0 Å². The molecule has 7 heteroatoms. The van der Waals surface area contributed by atoms with Crippen LogP contribution in [0.1, 0.15) is 33.6 Å². The number of amides is 1. The van der Waals surface area contributed by atoms with Gasteiger partial charge in [0.05, 0.1) is 6.10 Å². The van der Waals surface area contributed by atoms with Gasteiger partial charge in [-0.3, -0.25) is 9.69 Å². The van der Waals surface area contributed by atoms with Gasteiger partial charge in [0, 0.05) is 5.41 Å². The van der Waals surface area contributed by atoms with E-state index >= 15 is 0 Å². The molecule has 0 aromatic rings. The number of hydrogen-bond acceptors (Lipinski definition) is 5. The Hall–Kier alpha value is -1.60. The fourth-order valence-electron chi connectivity index (χ4n) is 2.92. The molecule has 2 aliphatic rings. The van der Waals surface area contributed by atoms with Crippen molar-refractivity contribution >= 4 is 11.9 Å². The van der Waals surface area contributed by atoms with Crippen LogP contribution in [0.2, 0.25) is 0 Å². The van der Waals surface area contributed by atoms with Crippen molar-refractivity contribution in [3.63, 3.8) is 0 Å². The topological polar surface area (TPSA) is 113 Å². The summed E-state index contributed by atoms with van der Waals surface area (Å²) in [5.74, 6) is -2.00. The van der Waals surface area contributed by atoms with Gasteiger partial charge in [-0.15, -0.1) is 0 Å². The molecular weight excluding hydrogens is 276 g/mol. The second kappa shape index (κ2) is 5.31. The van der Waals surface area contributed by atoms with Crippen LogP contribution in [-0.2, 0) is 14.3 Å². The van der Waals surface area contributed by atoms with Gasteiger partial charge in [0.1, 0.15) is 11.7 Å². The Morgan fingerprint density at radius 1 is 1.52 bits per heavy atom. The molecule has 1 saturated heterocycles. The van der Waals surface area contributed by atoms with Crippen LogP contribution in [0.5, 0.6) is 0 Å². The lowest BCUT2D eigenvalue weighted by Gasteiger charge is -2.42. The Balaban J connectivity index is 2.33. The summed E-state index contributed by atoms with van der Waals surface area (Å²) in [5, 5.41) is 19.1. The standard InChI is InChI=1S/C14H22N2O5/c1-7(17)8-11(18)16-9(13(19)20)10(21-12(8)16)14(2,3)5-4-6-15/h7-8,12,17H,4-6,15H2,1-3H3,(H,19,20)/t7?,8?,12-/m1/s1. The fourth-order valence-corrected chi connectivity index (χ4v) is 2.92. The number of rotatable bonds is 6. The molecule has 1 fully saturated rings. The van der Waals surface area contributed by atoms with Crippen molar-refractivity contribution in [1.29, 1.82) is 0 Å². The van der Waals surface area contributed by atoms with E-state index in [0.717, 1.165) is 11.3 Å². The van der Waals surface area contributed by atoms with Gasteiger partial charge >= 0.3 is 5.97 Å². The summed E-state index contributed by atoms with van der Waals surface area (Å²) in [5.41, 5.74) is 4.87. The van der Waals surface area contributed by atoms with Crippen LogP contribution in [0, 0.1) is 11.3 Å². The molecule has 2 rings (SSSR count). The average molecular weight is 298 g/mol. The molecule has 2 heterocycles. The number of aliphatic carboxylic acids is 1. The molecule has 2 aliphatic heterocycles. The number of aliphatic hydroxyl groups is 1. The van der Waals surface area contributed by atoms with Crippen LogP contribution >= 0.6 is 0 Å². The predicted octanol–water partition coefficient (Wildman–Crippen LogP) is 0.243. The molecule has 2 unspecified atom stereocenters. The average Bonchev–Trinajstić information content (AvgIpc) is 2.71. The highest BCUT2D eigenvalue weighted by atomic mass is 16.5. The minimum Gasteiger partial charge on any atom is -0.476 e. The first kappa shape index (κ1) is 15.8. The normalized spacial score (nSPS) is 26.3. The molecule has 3 atom stereocenters. The van der Waals surface area contributed by atoms with Crippen molar-refractivity contribution in [2.75, 3.05) is 6.54 Å². The van der Waals surface area contributed by atoms with Gasteiger partial charge in [0.25, 0.3) is 0 Å². The summed E-state index contributed by atoms with van der Waals surface area (Å²) >= 11 is 0. The number of nitrogens with zero attached hydrogens (tertiary/aromatic N) is 1. The maximum Gasteiger partial charge on any atom is 0.356 e. The Morgan fingerprint density at radius 3 is 2.62 bits per heavy atom. The Bertz CT molecular complexity index is 498. The summed E-state index contributed by atoms with van der Waals surface area (Å²) in [6.07, 6.45) is -0.203. The lowest BCUT2D eigenvalue weighted by molar-refractivity contribution is -0.183. The van der Waals surface area contributed by atoms with Gasteiger partial charge < -0.3 is 20.7 Å². The molecule has 7 nitrogen and oxygen atoms in total. The number of carbonyl (C=O) groups is 2. The largest absolute Gasteiger partial charge is 0.476 e. The quantitative estimate of drug-likeness (QED) is 0.606. The van der Waals surface area contributed by atoms with Crippen molar-refractivity contribution in [3.05, 3.63) is 11.5 Å². The number of β-lactam (4-membered cyclic amide) rings is 1. The molecule has 0 bridgehead atoms. The van der Waals surface area contributed by atoms with Crippen LogP contribution in [0.15, 0.2) is 11.5 Å². The fraction of sp³-hybridized carbons (Fsp3) is 0.714. The third-order valence-corrected chi connectivity index (χ3v) is 4.12. The first-order chi connectivity index (χ1) is 9.72. The Kier molecular flexibility index (Phi) is 3.99. The predicted molar refractivity (Wildman–Crippen MR) is 73.6 cm³/mol. The zero-order chi connectivity index (χ0) is 15.9. The summed E-state index contributed by atoms with van der Waals surface area (Å²) < 4.78 is 5.74. The third kappa shape index (κ3) is 2.40. The van der Waals surface area contributed by atoms with Crippen molar-refractivity contribution in [3.8, 4) is 0 Å². The Labute approximate surface area is 123 Å². The molecule has 118 valence electrons. The van der Waals surface area contributed by atoms with E-state index < -0.39 is 35.5 Å². The van der Waals surface area contributed by atoms with Gasteiger partial charge in [0.15, 0.2) is 11.9 Å². The smallest absolute Gasteiger partial charge is 0.356 e. The van der Waals surface area contributed by atoms with Crippen LogP contribution in [0.25, 0.3) is 0 Å². The van der Waals surface area contributed by atoms with Gasteiger partial charge in [-0.25, -0.2) is 4.79 Å². The van der Waals surface area contributed by atoms with E-state index in [9.17, 15) is 19.8 Å². The number of carbonyl (C=O) groups excluding carboxylic acids is 1. The van der Waals surface area contributed by atoms with E-state index in [-0.39, 0.29) is 5.70 Å². The van der Waals surface area contributed by atoms with Crippen LogP contribution in [0.3, 0.4) is 0 Å². The van der Waals surface area contributed by atoms with E-state index in [2.05, 4.69) is 0 Å². The second-order valence-corrected chi connectivity index (χ2v) is 6.24. The molecule has 0 spiro atoms. The highest BCUT2D eigenvalue weighted by Crippen LogP contribution is 2.48. The van der Waals surface area contributed by atoms with Gasteiger partial charge in [-0.05, 0) is 26.3 Å². The molecule has 0 aromatic heterocycles. The zero-order valence-corrected chi connectivity index (χ0v) is 12.5. The van der Waals surface area contributed by atoms with E-state index in [1.807, 2.05) is 13.8 Å². The number of ether oxygens (including phenoxy) is 1. The lowest BCUT2D eigenvalue weighted by Crippen LogP contribution is -2.62. The maximum absolute atomic E-state index is 12.1. The van der Waals surface area contributed by atoms with Gasteiger partial charge in [0.2, 0.25) is 5.91 Å². The first-order valence-corrected chi connectivity index (χ1v) is 7.08. The van der Waals surface area contributed by atoms with Gasteiger partial charge in [-0.2, -0.15) is 0 Å². The third-order valence-electron chi connectivity index (χ3n) is 4.12. The van der Waals surface area contributed by atoms with E-state index in [0.29, 0.717) is 18.7 Å². The van der Waals surface area contributed by atoms with E-state index in [4.69, 9.17) is 10.5 Å². The highest BCUT2D eigenvalue weighted by Gasteiger charge is 2.60. The van der Waals surface area contributed by atoms with Gasteiger partial charge in [-0.1, -0.05) is 13.8 Å².